The maximum Gasteiger partial charge on any atom is 0.163 e. The van der Waals surface area contributed by atoms with Gasteiger partial charge in [-0.25, -0.2) is 8.78 Å². The van der Waals surface area contributed by atoms with E-state index in [2.05, 4.69) is 12.2 Å². The van der Waals surface area contributed by atoms with Crippen LogP contribution in [0.5, 0.6) is 0 Å². The van der Waals surface area contributed by atoms with Gasteiger partial charge in [-0.15, -0.1) is 0 Å². The lowest BCUT2D eigenvalue weighted by Gasteiger charge is -2.15. The molecule has 90 valence electrons. The highest BCUT2D eigenvalue weighted by atomic mass is 32.2. The molecule has 0 bridgehead atoms. The molecule has 0 heterocycles. The molecule has 4 heteroatoms. The molecule has 1 aromatic carbocycles. The summed E-state index contributed by atoms with van der Waals surface area (Å²) in [6.07, 6.45) is 3.02. The summed E-state index contributed by atoms with van der Waals surface area (Å²) in [6, 6.07) is 4.62. The predicted molar refractivity (Wildman–Crippen MR) is 65.7 cm³/mol. The molecule has 1 atom stereocenters. The molecular formula is C12H17F2NS. The first-order valence-corrected chi connectivity index (χ1v) is 6.73. The minimum atomic E-state index is -0.780. The Bertz CT molecular complexity index is 331. The van der Waals surface area contributed by atoms with Crippen molar-refractivity contribution in [1.82, 2.24) is 5.32 Å². The molecule has 0 saturated heterocycles. The fourth-order valence-corrected chi connectivity index (χ4v) is 2.22. The molecular weight excluding hydrogens is 228 g/mol. The molecule has 1 rings (SSSR count). The Kier molecular flexibility index (Phi) is 5.77. The third-order valence-electron chi connectivity index (χ3n) is 2.47. The molecule has 0 spiro atoms. The zero-order valence-corrected chi connectivity index (χ0v) is 10.4. The van der Waals surface area contributed by atoms with E-state index in [0.717, 1.165) is 18.2 Å². The summed E-state index contributed by atoms with van der Waals surface area (Å²) in [5.74, 6) is -0.542. The fourth-order valence-electron chi connectivity index (χ4n) is 1.46. The molecule has 0 fully saturated rings. The third kappa shape index (κ3) is 3.76. The van der Waals surface area contributed by atoms with Gasteiger partial charge in [0.2, 0.25) is 0 Å². The highest BCUT2D eigenvalue weighted by molar-refractivity contribution is 7.98. The summed E-state index contributed by atoms with van der Waals surface area (Å²) >= 11 is 1.75. The van der Waals surface area contributed by atoms with Crippen LogP contribution in [0.4, 0.5) is 8.78 Å². The minimum Gasteiger partial charge on any atom is -0.309 e. The topological polar surface area (TPSA) is 12.0 Å². The van der Waals surface area contributed by atoms with E-state index in [0.29, 0.717) is 18.2 Å². The lowest BCUT2D eigenvalue weighted by molar-refractivity contribution is 0.480. The van der Waals surface area contributed by atoms with Gasteiger partial charge in [0.15, 0.2) is 11.6 Å². The van der Waals surface area contributed by atoms with Gasteiger partial charge in [-0.3, -0.25) is 0 Å². The van der Waals surface area contributed by atoms with Crippen molar-refractivity contribution < 1.29 is 8.78 Å². The molecule has 1 aromatic rings. The normalized spacial score (nSPS) is 12.8. The van der Waals surface area contributed by atoms with Gasteiger partial charge >= 0.3 is 0 Å². The van der Waals surface area contributed by atoms with E-state index >= 15 is 0 Å². The molecule has 0 aliphatic carbocycles. The fraction of sp³-hybridized carbons (Fsp3) is 0.500. The third-order valence-corrected chi connectivity index (χ3v) is 3.21. The molecule has 0 amide bonds. The van der Waals surface area contributed by atoms with E-state index in [-0.39, 0.29) is 0 Å². The van der Waals surface area contributed by atoms with Crippen molar-refractivity contribution in [3.05, 3.63) is 35.4 Å². The predicted octanol–water partition coefficient (Wildman–Crippen LogP) is 3.20. The first kappa shape index (κ1) is 13.5. The van der Waals surface area contributed by atoms with Crippen LogP contribution in [0.1, 0.15) is 18.9 Å². The van der Waals surface area contributed by atoms with Gasteiger partial charge in [0, 0.05) is 23.9 Å². The summed E-state index contributed by atoms with van der Waals surface area (Å²) in [5.41, 5.74) is 0.388. The average Bonchev–Trinajstić information content (AvgIpc) is 2.29. The van der Waals surface area contributed by atoms with Gasteiger partial charge in [0.25, 0.3) is 0 Å². The second kappa shape index (κ2) is 6.86. The second-order valence-electron chi connectivity index (χ2n) is 3.65. The van der Waals surface area contributed by atoms with Crippen LogP contribution in [-0.2, 0) is 6.54 Å². The number of halogens is 2. The molecule has 0 aliphatic rings. The largest absolute Gasteiger partial charge is 0.309 e. The van der Waals surface area contributed by atoms with E-state index in [9.17, 15) is 8.78 Å². The maximum absolute atomic E-state index is 13.3. The number of rotatable bonds is 6. The summed E-state index contributed by atoms with van der Waals surface area (Å²) in [4.78, 5) is 0. The highest BCUT2D eigenvalue weighted by Gasteiger charge is 2.09. The minimum absolute atomic E-state index is 0.345. The summed E-state index contributed by atoms with van der Waals surface area (Å²) in [7, 11) is 0. The molecule has 0 aromatic heterocycles. The van der Waals surface area contributed by atoms with E-state index in [1.165, 1.54) is 6.07 Å². The number of benzene rings is 1. The Morgan fingerprint density at radius 1 is 1.38 bits per heavy atom. The van der Waals surface area contributed by atoms with Crippen molar-refractivity contribution in [2.75, 3.05) is 12.0 Å². The van der Waals surface area contributed by atoms with Crippen LogP contribution < -0.4 is 5.32 Å². The zero-order chi connectivity index (χ0) is 12.0. The van der Waals surface area contributed by atoms with Crippen molar-refractivity contribution in [2.24, 2.45) is 0 Å². The summed E-state index contributed by atoms with van der Waals surface area (Å²) in [6.45, 7) is 2.46. The first-order chi connectivity index (χ1) is 7.69. The molecule has 1 N–H and O–H groups in total. The van der Waals surface area contributed by atoms with E-state index in [1.807, 2.05) is 6.26 Å². The number of nitrogens with one attached hydrogen (secondary N) is 1. The van der Waals surface area contributed by atoms with Crippen LogP contribution in [0.3, 0.4) is 0 Å². The van der Waals surface area contributed by atoms with Crippen LogP contribution in [0.15, 0.2) is 18.2 Å². The van der Waals surface area contributed by atoms with Crippen molar-refractivity contribution >= 4 is 11.8 Å². The molecule has 0 aliphatic heterocycles. The van der Waals surface area contributed by atoms with Crippen LogP contribution in [0.25, 0.3) is 0 Å². The SMILES string of the molecule is CCC(CSC)NCc1cccc(F)c1F. The molecule has 0 radical (unpaired) electrons. The van der Waals surface area contributed by atoms with Gasteiger partial charge in [-0.2, -0.15) is 11.8 Å². The van der Waals surface area contributed by atoms with Crippen LogP contribution in [0, 0.1) is 11.6 Å². The monoisotopic (exact) mass is 245 g/mol. The van der Waals surface area contributed by atoms with Gasteiger partial charge in [-0.1, -0.05) is 19.1 Å². The number of hydrogen-bond acceptors (Lipinski definition) is 2. The Morgan fingerprint density at radius 3 is 2.75 bits per heavy atom. The lowest BCUT2D eigenvalue weighted by atomic mass is 10.2. The average molecular weight is 245 g/mol. The van der Waals surface area contributed by atoms with E-state index in [4.69, 9.17) is 0 Å². The van der Waals surface area contributed by atoms with Crippen molar-refractivity contribution in [3.63, 3.8) is 0 Å². The Morgan fingerprint density at radius 2 is 2.12 bits per heavy atom. The highest BCUT2D eigenvalue weighted by Crippen LogP contribution is 2.11. The van der Waals surface area contributed by atoms with E-state index in [1.54, 1.807) is 17.8 Å². The Balaban J connectivity index is 2.56. The Hall–Kier alpha value is -0.610. The number of thioether (sulfide) groups is 1. The molecule has 1 unspecified atom stereocenters. The van der Waals surface area contributed by atoms with Crippen molar-refractivity contribution in [1.29, 1.82) is 0 Å². The molecule has 0 saturated carbocycles. The standard InChI is InChI=1S/C12H17F2NS/c1-3-10(8-16-2)15-7-9-5-4-6-11(13)12(9)14/h4-6,10,15H,3,7-8H2,1-2H3. The number of hydrogen-bond donors (Lipinski definition) is 1. The zero-order valence-electron chi connectivity index (χ0n) is 9.59. The van der Waals surface area contributed by atoms with Gasteiger partial charge in [0.1, 0.15) is 0 Å². The van der Waals surface area contributed by atoms with Crippen LogP contribution in [0.2, 0.25) is 0 Å². The molecule has 1 nitrogen and oxygen atoms in total. The van der Waals surface area contributed by atoms with Crippen molar-refractivity contribution in [3.8, 4) is 0 Å². The van der Waals surface area contributed by atoms with Crippen LogP contribution >= 0.6 is 11.8 Å². The van der Waals surface area contributed by atoms with Gasteiger partial charge in [0.05, 0.1) is 0 Å². The Labute approximate surface area is 99.6 Å². The van der Waals surface area contributed by atoms with Crippen LogP contribution in [-0.4, -0.2) is 18.1 Å². The van der Waals surface area contributed by atoms with Gasteiger partial charge < -0.3 is 5.32 Å². The maximum atomic E-state index is 13.3. The smallest absolute Gasteiger partial charge is 0.163 e. The van der Waals surface area contributed by atoms with Crippen molar-refractivity contribution in [2.45, 2.75) is 25.9 Å². The summed E-state index contributed by atoms with van der Waals surface area (Å²) < 4.78 is 26.2. The van der Waals surface area contributed by atoms with E-state index < -0.39 is 11.6 Å². The quantitative estimate of drug-likeness (QED) is 0.826. The summed E-state index contributed by atoms with van der Waals surface area (Å²) in [5, 5.41) is 3.23. The lowest BCUT2D eigenvalue weighted by Crippen LogP contribution is -2.30. The second-order valence-corrected chi connectivity index (χ2v) is 4.57. The first-order valence-electron chi connectivity index (χ1n) is 5.34. The molecule has 16 heavy (non-hydrogen) atoms. The van der Waals surface area contributed by atoms with Gasteiger partial charge in [-0.05, 0) is 18.7 Å².